The Labute approximate surface area is 139 Å². The van der Waals surface area contributed by atoms with Gasteiger partial charge in [0.2, 0.25) is 0 Å². The Balaban J connectivity index is 1.97. The molecule has 0 saturated carbocycles. The SMILES string of the molecule is C#Cc1cccc(NC(=O)C(=O)NCc2cccc(OC)c2O)c1. The minimum absolute atomic E-state index is 0.0142. The van der Waals surface area contributed by atoms with Crippen LogP contribution >= 0.6 is 0 Å². The van der Waals surface area contributed by atoms with Gasteiger partial charge in [0.15, 0.2) is 11.5 Å². The van der Waals surface area contributed by atoms with Crippen molar-refractivity contribution in [2.75, 3.05) is 12.4 Å². The molecule has 3 N–H and O–H groups in total. The number of carbonyl (C=O) groups excluding carboxylic acids is 2. The maximum Gasteiger partial charge on any atom is 0.313 e. The summed E-state index contributed by atoms with van der Waals surface area (Å²) in [4.78, 5) is 23.7. The smallest absolute Gasteiger partial charge is 0.313 e. The van der Waals surface area contributed by atoms with Crippen LogP contribution in [0.1, 0.15) is 11.1 Å². The summed E-state index contributed by atoms with van der Waals surface area (Å²) in [5, 5.41) is 14.8. The van der Waals surface area contributed by atoms with Crippen molar-refractivity contribution in [1.82, 2.24) is 5.32 Å². The molecule has 0 radical (unpaired) electrons. The van der Waals surface area contributed by atoms with Gasteiger partial charge in [-0.15, -0.1) is 6.42 Å². The monoisotopic (exact) mass is 324 g/mol. The lowest BCUT2D eigenvalue weighted by atomic mass is 10.2. The van der Waals surface area contributed by atoms with Crippen LogP contribution in [0.5, 0.6) is 11.5 Å². The molecule has 0 aliphatic carbocycles. The number of para-hydroxylation sites is 1. The van der Waals surface area contributed by atoms with Crippen molar-refractivity contribution in [3.8, 4) is 23.8 Å². The third-order valence-corrected chi connectivity index (χ3v) is 3.24. The van der Waals surface area contributed by atoms with Crippen LogP contribution in [0.4, 0.5) is 5.69 Å². The third kappa shape index (κ3) is 4.05. The van der Waals surface area contributed by atoms with Crippen molar-refractivity contribution in [3.63, 3.8) is 0 Å². The van der Waals surface area contributed by atoms with Crippen LogP contribution < -0.4 is 15.4 Å². The highest BCUT2D eigenvalue weighted by Crippen LogP contribution is 2.29. The molecule has 0 unspecified atom stereocenters. The molecule has 24 heavy (non-hydrogen) atoms. The maximum atomic E-state index is 11.9. The molecule has 0 aromatic heterocycles. The molecule has 2 aromatic carbocycles. The van der Waals surface area contributed by atoms with E-state index in [2.05, 4.69) is 16.6 Å². The first-order valence-corrected chi connectivity index (χ1v) is 7.06. The number of anilines is 1. The predicted molar refractivity (Wildman–Crippen MR) is 89.5 cm³/mol. The van der Waals surface area contributed by atoms with E-state index >= 15 is 0 Å². The second-order valence-corrected chi connectivity index (χ2v) is 4.83. The number of amides is 2. The molecule has 0 heterocycles. The van der Waals surface area contributed by atoms with E-state index in [4.69, 9.17) is 11.2 Å². The Hall–Kier alpha value is -3.46. The number of nitrogens with one attached hydrogen (secondary N) is 2. The number of ether oxygens (including phenoxy) is 1. The van der Waals surface area contributed by atoms with E-state index in [0.717, 1.165) is 0 Å². The first kappa shape index (κ1) is 16.9. The summed E-state index contributed by atoms with van der Waals surface area (Å²) >= 11 is 0. The molecular formula is C18H16N2O4. The minimum atomic E-state index is -0.830. The molecule has 122 valence electrons. The largest absolute Gasteiger partial charge is 0.504 e. The Morgan fingerprint density at radius 1 is 1.21 bits per heavy atom. The number of aromatic hydroxyl groups is 1. The van der Waals surface area contributed by atoms with E-state index < -0.39 is 11.8 Å². The first-order chi connectivity index (χ1) is 11.5. The molecule has 0 atom stereocenters. The average molecular weight is 324 g/mol. The summed E-state index contributed by atoms with van der Waals surface area (Å²) in [6.07, 6.45) is 5.28. The number of hydrogen-bond donors (Lipinski definition) is 3. The molecule has 0 saturated heterocycles. The Kier molecular flexibility index (Phi) is 5.42. The topological polar surface area (TPSA) is 87.7 Å². The summed E-state index contributed by atoms with van der Waals surface area (Å²) in [6, 6.07) is 11.5. The van der Waals surface area contributed by atoms with Crippen molar-refractivity contribution in [2.24, 2.45) is 0 Å². The van der Waals surface area contributed by atoms with Crippen molar-refractivity contribution in [3.05, 3.63) is 53.6 Å². The molecule has 2 rings (SSSR count). The summed E-state index contributed by atoms with van der Waals surface area (Å²) in [7, 11) is 1.43. The highest BCUT2D eigenvalue weighted by Gasteiger charge is 2.15. The molecule has 6 heteroatoms. The molecule has 0 aliphatic heterocycles. The minimum Gasteiger partial charge on any atom is -0.504 e. The quantitative estimate of drug-likeness (QED) is 0.589. The van der Waals surface area contributed by atoms with E-state index in [-0.39, 0.29) is 18.0 Å². The number of terminal acetylenes is 1. The number of methoxy groups -OCH3 is 1. The van der Waals surface area contributed by atoms with Gasteiger partial charge in [-0.1, -0.05) is 24.1 Å². The Bertz CT molecular complexity index is 809. The Morgan fingerprint density at radius 3 is 2.67 bits per heavy atom. The zero-order chi connectivity index (χ0) is 17.5. The summed E-state index contributed by atoms with van der Waals surface area (Å²) in [5.41, 5.74) is 1.45. The second kappa shape index (κ2) is 7.70. The van der Waals surface area contributed by atoms with Crippen LogP contribution in [0.2, 0.25) is 0 Å². The zero-order valence-electron chi connectivity index (χ0n) is 13.0. The molecule has 2 aromatic rings. The van der Waals surface area contributed by atoms with Gasteiger partial charge in [0.05, 0.1) is 7.11 Å². The van der Waals surface area contributed by atoms with Crippen LogP contribution in [0.25, 0.3) is 0 Å². The van der Waals surface area contributed by atoms with Crippen molar-refractivity contribution in [2.45, 2.75) is 6.54 Å². The first-order valence-electron chi connectivity index (χ1n) is 7.06. The van der Waals surface area contributed by atoms with E-state index in [1.54, 1.807) is 42.5 Å². The molecule has 0 fully saturated rings. The van der Waals surface area contributed by atoms with Crippen LogP contribution in [-0.2, 0) is 16.1 Å². The lowest BCUT2D eigenvalue weighted by Crippen LogP contribution is -2.35. The Morgan fingerprint density at radius 2 is 1.96 bits per heavy atom. The highest BCUT2D eigenvalue weighted by molar-refractivity contribution is 6.39. The predicted octanol–water partition coefficient (Wildman–Crippen LogP) is 1.64. The van der Waals surface area contributed by atoms with Gasteiger partial charge in [0.1, 0.15) is 0 Å². The summed E-state index contributed by atoms with van der Waals surface area (Å²) < 4.78 is 4.98. The third-order valence-electron chi connectivity index (χ3n) is 3.24. The zero-order valence-corrected chi connectivity index (χ0v) is 13.0. The summed E-state index contributed by atoms with van der Waals surface area (Å²) in [6.45, 7) is -0.0142. The van der Waals surface area contributed by atoms with Gasteiger partial charge in [0.25, 0.3) is 0 Å². The number of hydrogen-bond acceptors (Lipinski definition) is 4. The molecular weight excluding hydrogens is 308 g/mol. The van der Waals surface area contributed by atoms with Gasteiger partial charge < -0.3 is 20.5 Å². The van der Waals surface area contributed by atoms with Crippen molar-refractivity contribution in [1.29, 1.82) is 0 Å². The van der Waals surface area contributed by atoms with E-state index in [0.29, 0.717) is 16.8 Å². The molecule has 0 aliphatic rings. The molecule has 0 bridgehead atoms. The molecule has 0 spiro atoms. The van der Waals surface area contributed by atoms with Gasteiger partial charge in [0, 0.05) is 23.4 Å². The van der Waals surface area contributed by atoms with Crippen LogP contribution in [0, 0.1) is 12.3 Å². The number of rotatable bonds is 4. The van der Waals surface area contributed by atoms with E-state index in [9.17, 15) is 14.7 Å². The van der Waals surface area contributed by atoms with Gasteiger partial charge in [-0.25, -0.2) is 0 Å². The van der Waals surface area contributed by atoms with Crippen molar-refractivity contribution >= 4 is 17.5 Å². The van der Waals surface area contributed by atoms with Crippen molar-refractivity contribution < 1.29 is 19.4 Å². The molecule has 2 amide bonds. The number of carbonyl (C=O) groups is 2. The number of benzene rings is 2. The molecule has 6 nitrogen and oxygen atoms in total. The van der Waals surface area contributed by atoms with Crippen LogP contribution in [0.15, 0.2) is 42.5 Å². The fourth-order valence-electron chi connectivity index (χ4n) is 2.01. The summed E-state index contributed by atoms with van der Waals surface area (Å²) in [5.74, 6) is 0.993. The van der Waals surface area contributed by atoms with Crippen LogP contribution in [-0.4, -0.2) is 24.0 Å². The number of phenols is 1. The normalized spacial score (nSPS) is 9.67. The lowest BCUT2D eigenvalue weighted by molar-refractivity contribution is -0.136. The standard InChI is InChI=1S/C18H16N2O4/c1-3-12-6-4-8-14(10-12)20-18(23)17(22)19-11-13-7-5-9-15(24-2)16(13)21/h1,4-10,21H,11H2,2H3,(H,19,22)(H,20,23). The lowest BCUT2D eigenvalue weighted by Gasteiger charge is -2.10. The van der Waals surface area contributed by atoms with E-state index in [1.807, 2.05) is 0 Å². The van der Waals surface area contributed by atoms with Crippen LogP contribution in [0.3, 0.4) is 0 Å². The number of phenolic OH excluding ortho intramolecular Hbond substituents is 1. The van der Waals surface area contributed by atoms with E-state index in [1.165, 1.54) is 7.11 Å². The van der Waals surface area contributed by atoms with Gasteiger partial charge in [-0.3, -0.25) is 9.59 Å². The van der Waals surface area contributed by atoms with Gasteiger partial charge in [-0.2, -0.15) is 0 Å². The highest BCUT2D eigenvalue weighted by atomic mass is 16.5. The van der Waals surface area contributed by atoms with Gasteiger partial charge >= 0.3 is 11.8 Å². The second-order valence-electron chi connectivity index (χ2n) is 4.83. The maximum absolute atomic E-state index is 11.9. The average Bonchev–Trinajstić information content (AvgIpc) is 2.60. The fraction of sp³-hybridized carbons (Fsp3) is 0.111. The van der Waals surface area contributed by atoms with Gasteiger partial charge in [-0.05, 0) is 24.3 Å². The fourth-order valence-corrected chi connectivity index (χ4v) is 2.01.